The molecular weight excluding hydrogens is 268 g/mol. The van der Waals surface area contributed by atoms with Crippen LogP contribution in [0.15, 0.2) is 24.3 Å². The van der Waals surface area contributed by atoms with Crippen LogP contribution in [0.4, 0.5) is 0 Å². The maximum Gasteiger partial charge on any atom is 0.119 e. The molecule has 0 bridgehead atoms. The van der Waals surface area contributed by atoms with E-state index in [0.717, 1.165) is 24.5 Å². The summed E-state index contributed by atoms with van der Waals surface area (Å²) < 4.78 is 5.80. The van der Waals surface area contributed by atoms with Gasteiger partial charge in [-0.1, -0.05) is 37.2 Å². The topological polar surface area (TPSA) is 38.5 Å². The fourth-order valence-corrected chi connectivity index (χ4v) is 2.72. The Hall–Kier alpha value is -1.13. The number of rotatable bonds is 6. The molecule has 0 aliphatic carbocycles. The number of ether oxygens (including phenoxy) is 1. The largest absolute Gasteiger partial charge is 0.492 e. The monoisotopic (exact) mass is 292 g/mol. The van der Waals surface area contributed by atoms with E-state index in [4.69, 9.17) is 22.7 Å². The van der Waals surface area contributed by atoms with Crippen LogP contribution in [0.2, 0.25) is 0 Å². The Bertz CT molecular complexity index is 411. The SMILES string of the molecule is NC(=S)Cc1ccc(OCCN2CCCCCC2)cc1. The van der Waals surface area contributed by atoms with Gasteiger partial charge in [-0.15, -0.1) is 0 Å². The molecule has 1 aliphatic rings. The first-order valence-electron chi connectivity index (χ1n) is 7.46. The van der Waals surface area contributed by atoms with E-state index in [9.17, 15) is 0 Å². The molecule has 1 fully saturated rings. The van der Waals surface area contributed by atoms with Crippen molar-refractivity contribution in [2.75, 3.05) is 26.2 Å². The number of benzene rings is 1. The molecule has 1 saturated heterocycles. The van der Waals surface area contributed by atoms with Gasteiger partial charge < -0.3 is 10.5 Å². The second kappa shape index (κ2) is 8.22. The molecule has 1 heterocycles. The molecule has 3 nitrogen and oxygen atoms in total. The van der Waals surface area contributed by atoms with Crippen LogP contribution >= 0.6 is 12.2 Å². The second-order valence-electron chi connectivity index (χ2n) is 5.39. The number of hydrogen-bond donors (Lipinski definition) is 1. The summed E-state index contributed by atoms with van der Waals surface area (Å²) >= 11 is 4.90. The Morgan fingerprint density at radius 3 is 2.35 bits per heavy atom. The van der Waals surface area contributed by atoms with Crippen molar-refractivity contribution >= 4 is 17.2 Å². The third-order valence-corrected chi connectivity index (χ3v) is 3.82. The Balaban J connectivity index is 1.71. The van der Waals surface area contributed by atoms with Crippen molar-refractivity contribution in [2.45, 2.75) is 32.1 Å². The van der Waals surface area contributed by atoms with Crippen molar-refractivity contribution in [3.8, 4) is 5.75 Å². The van der Waals surface area contributed by atoms with Crippen LogP contribution in [0.1, 0.15) is 31.2 Å². The predicted octanol–water partition coefficient (Wildman–Crippen LogP) is 2.77. The van der Waals surface area contributed by atoms with Gasteiger partial charge in [0.1, 0.15) is 12.4 Å². The van der Waals surface area contributed by atoms with Crippen LogP contribution in [-0.2, 0) is 6.42 Å². The van der Waals surface area contributed by atoms with E-state index in [1.807, 2.05) is 24.3 Å². The molecule has 0 spiro atoms. The predicted molar refractivity (Wildman–Crippen MR) is 87.3 cm³/mol. The summed E-state index contributed by atoms with van der Waals surface area (Å²) in [5.41, 5.74) is 6.67. The Kier molecular flexibility index (Phi) is 6.27. The van der Waals surface area contributed by atoms with Gasteiger partial charge in [0.25, 0.3) is 0 Å². The minimum Gasteiger partial charge on any atom is -0.492 e. The molecule has 1 aromatic rings. The zero-order valence-corrected chi connectivity index (χ0v) is 12.8. The standard InChI is InChI=1S/C16H24N2OS/c17-16(20)13-14-5-7-15(8-6-14)19-12-11-18-9-3-1-2-4-10-18/h5-8H,1-4,9-13H2,(H2,17,20). The van der Waals surface area contributed by atoms with Gasteiger partial charge in [-0.3, -0.25) is 4.90 Å². The minimum atomic E-state index is 0.528. The van der Waals surface area contributed by atoms with Crippen LogP contribution in [0, 0.1) is 0 Å². The Morgan fingerprint density at radius 1 is 1.10 bits per heavy atom. The number of thiocarbonyl (C=S) groups is 1. The molecule has 0 atom stereocenters. The van der Waals surface area contributed by atoms with Crippen LogP contribution in [-0.4, -0.2) is 36.1 Å². The van der Waals surface area contributed by atoms with E-state index < -0.39 is 0 Å². The fourth-order valence-electron chi connectivity index (χ4n) is 2.56. The van der Waals surface area contributed by atoms with Crippen LogP contribution in [0.3, 0.4) is 0 Å². The molecular formula is C16H24N2OS. The summed E-state index contributed by atoms with van der Waals surface area (Å²) in [5.74, 6) is 0.923. The van der Waals surface area contributed by atoms with E-state index in [1.54, 1.807) is 0 Å². The molecule has 20 heavy (non-hydrogen) atoms. The molecule has 110 valence electrons. The zero-order valence-electron chi connectivity index (χ0n) is 12.0. The number of nitrogens with two attached hydrogens (primary N) is 1. The van der Waals surface area contributed by atoms with Gasteiger partial charge in [0.05, 0.1) is 4.99 Å². The second-order valence-corrected chi connectivity index (χ2v) is 5.92. The number of hydrogen-bond acceptors (Lipinski definition) is 3. The summed E-state index contributed by atoms with van der Waals surface area (Å²) in [6.07, 6.45) is 6.06. The van der Waals surface area contributed by atoms with Gasteiger partial charge in [0, 0.05) is 13.0 Å². The first-order chi connectivity index (χ1) is 9.74. The minimum absolute atomic E-state index is 0.528. The third-order valence-electron chi connectivity index (χ3n) is 3.68. The summed E-state index contributed by atoms with van der Waals surface area (Å²) in [7, 11) is 0. The fraction of sp³-hybridized carbons (Fsp3) is 0.562. The van der Waals surface area contributed by atoms with Crippen LogP contribution < -0.4 is 10.5 Å². The molecule has 4 heteroatoms. The lowest BCUT2D eigenvalue weighted by atomic mass is 10.1. The third kappa shape index (κ3) is 5.47. The summed E-state index contributed by atoms with van der Waals surface area (Å²) in [6.45, 7) is 4.22. The average molecular weight is 292 g/mol. The molecule has 1 aliphatic heterocycles. The molecule has 0 amide bonds. The average Bonchev–Trinajstić information content (AvgIpc) is 2.69. The van der Waals surface area contributed by atoms with Gasteiger partial charge >= 0.3 is 0 Å². The molecule has 0 unspecified atom stereocenters. The van der Waals surface area contributed by atoms with Gasteiger partial charge in [0.15, 0.2) is 0 Å². The lowest BCUT2D eigenvalue weighted by Crippen LogP contribution is -2.29. The molecule has 0 aromatic heterocycles. The lowest BCUT2D eigenvalue weighted by molar-refractivity contribution is 0.214. The molecule has 1 aromatic carbocycles. The summed E-state index contributed by atoms with van der Waals surface area (Å²) in [4.78, 5) is 3.04. The maximum absolute atomic E-state index is 5.80. The normalized spacial score (nSPS) is 16.6. The number of nitrogens with zero attached hydrogens (tertiary/aromatic N) is 1. The maximum atomic E-state index is 5.80. The smallest absolute Gasteiger partial charge is 0.119 e. The molecule has 2 N–H and O–H groups in total. The highest BCUT2D eigenvalue weighted by molar-refractivity contribution is 7.80. The quantitative estimate of drug-likeness (QED) is 0.818. The highest BCUT2D eigenvalue weighted by atomic mass is 32.1. The molecule has 2 rings (SSSR count). The van der Waals surface area contributed by atoms with E-state index in [-0.39, 0.29) is 0 Å². The van der Waals surface area contributed by atoms with Gasteiger partial charge in [0.2, 0.25) is 0 Å². The number of likely N-dealkylation sites (tertiary alicyclic amines) is 1. The Morgan fingerprint density at radius 2 is 1.75 bits per heavy atom. The lowest BCUT2D eigenvalue weighted by Gasteiger charge is -2.19. The van der Waals surface area contributed by atoms with Crippen molar-refractivity contribution in [3.05, 3.63) is 29.8 Å². The Labute approximate surface area is 127 Å². The highest BCUT2D eigenvalue weighted by Gasteiger charge is 2.08. The van der Waals surface area contributed by atoms with Gasteiger partial charge in [-0.25, -0.2) is 0 Å². The van der Waals surface area contributed by atoms with Gasteiger partial charge in [-0.05, 0) is 43.6 Å². The first kappa shape index (κ1) is 15.3. The van der Waals surface area contributed by atoms with Crippen molar-refractivity contribution in [3.63, 3.8) is 0 Å². The van der Waals surface area contributed by atoms with E-state index in [1.165, 1.54) is 38.8 Å². The van der Waals surface area contributed by atoms with Crippen molar-refractivity contribution in [2.24, 2.45) is 5.73 Å². The van der Waals surface area contributed by atoms with Crippen molar-refractivity contribution < 1.29 is 4.74 Å². The van der Waals surface area contributed by atoms with Crippen LogP contribution in [0.25, 0.3) is 0 Å². The van der Waals surface area contributed by atoms with E-state index in [2.05, 4.69) is 4.90 Å². The summed E-state index contributed by atoms with van der Waals surface area (Å²) in [5, 5.41) is 0. The van der Waals surface area contributed by atoms with Crippen molar-refractivity contribution in [1.29, 1.82) is 0 Å². The van der Waals surface area contributed by atoms with Crippen molar-refractivity contribution in [1.82, 2.24) is 4.90 Å². The molecule has 0 radical (unpaired) electrons. The molecule has 0 saturated carbocycles. The summed E-state index contributed by atoms with van der Waals surface area (Å²) in [6, 6.07) is 8.05. The van der Waals surface area contributed by atoms with Gasteiger partial charge in [-0.2, -0.15) is 0 Å². The van der Waals surface area contributed by atoms with Crippen LogP contribution in [0.5, 0.6) is 5.75 Å². The van der Waals surface area contributed by atoms with E-state index in [0.29, 0.717) is 11.4 Å². The first-order valence-corrected chi connectivity index (χ1v) is 7.87. The zero-order chi connectivity index (χ0) is 14.2. The highest BCUT2D eigenvalue weighted by Crippen LogP contribution is 2.13. The van der Waals surface area contributed by atoms with E-state index >= 15 is 0 Å².